The summed E-state index contributed by atoms with van der Waals surface area (Å²) in [6, 6.07) is 1.93. The molecule has 5 heteroatoms. The van der Waals surface area contributed by atoms with E-state index < -0.39 is 11.6 Å². The van der Waals surface area contributed by atoms with Crippen LogP contribution in [0.2, 0.25) is 0 Å². The molecule has 3 nitrogen and oxygen atoms in total. The normalized spacial score (nSPS) is 10.9. The third-order valence-electron chi connectivity index (χ3n) is 1.51. The molecule has 62 valence electrons. The molecule has 0 saturated carbocycles. The van der Waals surface area contributed by atoms with Crippen molar-refractivity contribution >= 4 is 11.0 Å². The lowest BCUT2D eigenvalue weighted by Gasteiger charge is -1.88. The Morgan fingerprint density at radius 3 is 2.75 bits per heavy atom. The average Bonchev–Trinajstić information content (AvgIpc) is 2.29. The Balaban J connectivity index is 2.88. The average molecular weight is 169 g/mol. The minimum Gasteiger partial charge on any atom is -0.207 e. The van der Waals surface area contributed by atoms with Crippen molar-refractivity contribution < 1.29 is 8.78 Å². The number of aromatic nitrogens is 3. The fraction of sp³-hybridized carbons (Fsp3) is 0.143. The van der Waals surface area contributed by atoms with Gasteiger partial charge in [-0.15, -0.1) is 0 Å². The van der Waals surface area contributed by atoms with Crippen LogP contribution in [-0.4, -0.2) is 15.0 Å². The summed E-state index contributed by atoms with van der Waals surface area (Å²) in [6.07, 6.45) is 0. The summed E-state index contributed by atoms with van der Waals surface area (Å²) in [5, 5.41) is 7.48. The molecule has 1 aromatic heterocycles. The van der Waals surface area contributed by atoms with Crippen LogP contribution in [0.3, 0.4) is 0 Å². The molecule has 0 saturated heterocycles. The van der Waals surface area contributed by atoms with Crippen molar-refractivity contribution in [1.29, 1.82) is 0 Å². The highest BCUT2D eigenvalue weighted by molar-refractivity contribution is 5.74. The molecule has 0 radical (unpaired) electrons. The van der Waals surface area contributed by atoms with E-state index in [1.54, 1.807) is 7.05 Å². The maximum atomic E-state index is 12.9. The first kappa shape index (κ1) is 7.15. The summed E-state index contributed by atoms with van der Waals surface area (Å²) < 4.78 is 25.5. The predicted molar refractivity (Wildman–Crippen MR) is 38.4 cm³/mol. The predicted octanol–water partition coefficient (Wildman–Crippen LogP) is 1.25. The summed E-state index contributed by atoms with van der Waals surface area (Å²) in [5.74, 6) is -1.32. The molecule has 0 spiro atoms. The monoisotopic (exact) mass is 169 g/mol. The zero-order valence-corrected chi connectivity index (χ0v) is 6.25. The van der Waals surface area contributed by atoms with E-state index in [2.05, 4.69) is 10.2 Å². The molecule has 0 fully saturated rings. The number of aryl methyl sites for hydroxylation is 1. The van der Waals surface area contributed by atoms with Crippen molar-refractivity contribution in [2.24, 2.45) is 7.05 Å². The number of benzene rings is 1. The minimum absolute atomic E-state index is 0.0962. The van der Waals surface area contributed by atoms with Crippen molar-refractivity contribution in [2.75, 3.05) is 0 Å². The molecule has 2 rings (SSSR count). The molecular formula is C7H5F2N3. The second-order valence-electron chi connectivity index (χ2n) is 2.44. The molecule has 0 bridgehead atoms. The molecule has 1 aromatic carbocycles. The van der Waals surface area contributed by atoms with Gasteiger partial charge in [0.05, 0.1) is 0 Å². The minimum atomic E-state index is -0.682. The molecule has 0 aliphatic heterocycles. The Labute approximate surface area is 66.6 Å². The quantitative estimate of drug-likeness (QED) is 0.594. The van der Waals surface area contributed by atoms with Gasteiger partial charge < -0.3 is 0 Å². The van der Waals surface area contributed by atoms with Crippen LogP contribution in [0.4, 0.5) is 8.78 Å². The second kappa shape index (κ2) is 2.23. The van der Waals surface area contributed by atoms with E-state index >= 15 is 0 Å². The second-order valence-corrected chi connectivity index (χ2v) is 2.44. The van der Waals surface area contributed by atoms with Gasteiger partial charge in [0.15, 0.2) is 5.82 Å². The molecule has 1 heterocycles. The van der Waals surface area contributed by atoms with Crippen LogP contribution in [0, 0.1) is 11.6 Å². The Kier molecular flexibility index (Phi) is 1.33. The summed E-state index contributed by atoms with van der Waals surface area (Å²) >= 11 is 0. The van der Waals surface area contributed by atoms with E-state index in [0.29, 0.717) is 0 Å². The van der Waals surface area contributed by atoms with Crippen LogP contribution in [0.25, 0.3) is 11.0 Å². The maximum absolute atomic E-state index is 12.9. The summed E-state index contributed by atoms with van der Waals surface area (Å²) in [5.41, 5.74) is 0.328. The van der Waals surface area contributed by atoms with E-state index in [1.165, 1.54) is 4.80 Å². The van der Waals surface area contributed by atoms with Gasteiger partial charge in [-0.3, -0.25) is 0 Å². The van der Waals surface area contributed by atoms with Gasteiger partial charge in [-0.05, 0) is 0 Å². The van der Waals surface area contributed by atoms with Crippen molar-refractivity contribution in [2.45, 2.75) is 0 Å². The van der Waals surface area contributed by atoms with Crippen molar-refractivity contribution in [1.82, 2.24) is 15.0 Å². The van der Waals surface area contributed by atoms with Gasteiger partial charge in [-0.2, -0.15) is 15.0 Å². The van der Waals surface area contributed by atoms with E-state index in [1.807, 2.05) is 0 Å². The lowest BCUT2D eigenvalue weighted by molar-refractivity contribution is 0.589. The van der Waals surface area contributed by atoms with Gasteiger partial charge >= 0.3 is 0 Å². The van der Waals surface area contributed by atoms with Gasteiger partial charge in [-0.1, -0.05) is 0 Å². The van der Waals surface area contributed by atoms with Crippen LogP contribution < -0.4 is 0 Å². The third-order valence-corrected chi connectivity index (χ3v) is 1.51. The number of nitrogens with zero attached hydrogens (tertiary/aromatic N) is 3. The van der Waals surface area contributed by atoms with Crippen LogP contribution in [0.5, 0.6) is 0 Å². The van der Waals surface area contributed by atoms with E-state index in [0.717, 1.165) is 12.1 Å². The third kappa shape index (κ3) is 0.939. The number of hydrogen-bond donors (Lipinski definition) is 0. The largest absolute Gasteiger partial charge is 0.207 e. The van der Waals surface area contributed by atoms with E-state index in [-0.39, 0.29) is 11.0 Å². The molecule has 0 atom stereocenters. The number of hydrogen-bond acceptors (Lipinski definition) is 2. The molecule has 0 aliphatic carbocycles. The topological polar surface area (TPSA) is 30.7 Å². The van der Waals surface area contributed by atoms with Crippen LogP contribution in [0.15, 0.2) is 12.1 Å². The molecule has 0 N–H and O–H groups in total. The smallest absolute Gasteiger partial charge is 0.155 e. The van der Waals surface area contributed by atoms with Crippen molar-refractivity contribution in [3.63, 3.8) is 0 Å². The first-order valence-corrected chi connectivity index (χ1v) is 3.33. The first-order valence-electron chi connectivity index (χ1n) is 3.33. The zero-order valence-electron chi connectivity index (χ0n) is 6.25. The van der Waals surface area contributed by atoms with Crippen molar-refractivity contribution in [3.05, 3.63) is 23.8 Å². The molecule has 12 heavy (non-hydrogen) atoms. The highest BCUT2D eigenvalue weighted by Gasteiger charge is 2.07. The number of fused-ring (bicyclic) bond motifs is 1. The maximum Gasteiger partial charge on any atom is 0.155 e. The summed E-state index contributed by atoms with van der Waals surface area (Å²) in [7, 11) is 1.55. The van der Waals surface area contributed by atoms with E-state index in [4.69, 9.17) is 0 Å². The van der Waals surface area contributed by atoms with Crippen LogP contribution in [-0.2, 0) is 7.05 Å². The zero-order chi connectivity index (χ0) is 8.72. The van der Waals surface area contributed by atoms with Crippen LogP contribution in [0.1, 0.15) is 0 Å². The SMILES string of the molecule is Cn1nc2cc(F)cc(F)c2n1. The highest BCUT2D eigenvalue weighted by atomic mass is 19.1. The Morgan fingerprint density at radius 2 is 2.00 bits per heavy atom. The number of rotatable bonds is 0. The van der Waals surface area contributed by atoms with Gasteiger partial charge in [-0.25, -0.2) is 8.78 Å². The fourth-order valence-corrected chi connectivity index (χ4v) is 1.05. The first-order chi connectivity index (χ1) is 5.66. The Hall–Kier alpha value is -1.52. The van der Waals surface area contributed by atoms with Gasteiger partial charge in [0, 0.05) is 19.2 Å². The number of halogens is 2. The summed E-state index contributed by atoms with van der Waals surface area (Å²) in [4.78, 5) is 1.20. The fourth-order valence-electron chi connectivity index (χ4n) is 1.05. The summed E-state index contributed by atoms with van der Waals surface area (Å²) in [6.45, 7) is 0. The van der Waals surface area contributed by atoms with Crippen molar-refractivity contribution in [3.8, 4) is 0 Å². The molecule has 2 aromatic rings. The molecular weight excluding hydrogens is 164 g/mol. The Morgan fingerprint density at radius 1 is 1.25 bits per heavy atom. The van der Waals surface area contributed by atoms with E-state index in [9.17, 15) is 8.78 Å². The Bertz CT molecular complexity index is 435. The van der Waals surface area contributed by atoms with Gasteiger partial charge in [0.2, 0.25) is 0 Å². The molecule has 0 amide bonds. The highest BCUT2D eigenvalue weighted by Crippen LogP contribution is 2.14. The lowest BCUT2D eigenvalue weighted by Crippen LogP contribution is -1.90. The lowest BCUT2D eigenvalue weighted by atomic mass is 10.3. The molecule has 0 unspecified atom stereocenters. The van der Waals surface area contributed by atoms with Gasteiger partial charge in [0.1, 0.15) is 16.9 Å². The van der Waals surface area contributed by atoms with Gasteiger partial charge in [0.25, 0.3) is 0 Å². The standard InChI is InChI=1S/C7H5F2N3/c1-12-10-6-3-4(8)2-5(9)7(6)11-12/h2-3H,1H3. The molecule has 0 aliphatic rings. The van der Waals surface area contributed by atoms with Crippen LogP contribution >= 0.6 is 0 Å².